The van der Waals surface area contributed by atoms with Crippen molar-refractivity contribution in [3.05, 3.63) is 76.8 Å². The average Bonchev–Trinajstić information content (AvgIpc) is 3.16. The molecule has 2 N–H and O–H groups in total. The number of fused-ring (bicyclic) bond motifs is 1. The van der Waals surface area contributed by atoms with Crippen molar-refractivity contribution in [2.75, 3.05) is 11.9 Å². The Balaban J connectivity index is 1.38. The predicted molar refractivity (Wildman–Crippen MR) is 121 cm³/mol. The fourth-order valence-corrected chi connectivity index (χ4v) is 3.31. The molecule has 0 fully saturated rings. The first kappa shape index (κ1) is 20.0. The van der Waals surface area contributed by atoms with E-state index in [9.17, 15) is 4.79 Å². The summed E-state index contributed by atoms with van der Waals surface area (Å²) in [7, 11) is 0. The highest BCUT2D eigenvalue weighted by atomic mass is 35.5. The largest absolute Gasteiger partial charge is 0.484 e. The van der Waals surface area contributed by atoms with Crippen LogP contribution in [-0.2, 0) is 11.2 Å². The van der Waals surface area contributed by atoms with E-state index in [4.69, 9.17) is 16.3 Å². The molecule has 0 saturated carbocycles. The number of nitrogens with one attached hydrogen (secondary N) is 2. The number of nitrogens with zero attached hydrogens (tertiary/aromatic N) is 1. The molecule has 4 rings (SSSR count). The van der Waals surface area contributed by atoms with Gasteiger partial charge in [-0.3, -0.25) is 4.79 Å². The van der Waals surface area contributed by atoms with Crippen molar-refractivity contribution in [1.82, 2.24) is 9.97 Å². The lowest BCUT2D eigenvalue weighted by atomic mass is 10.2. The maximum Gasteiger partial charge on any atom is 0.262 e. The summed E-state index contributed by atoms with van der Waals surface area (Å²) >= 11 is 6.19. The van der Waals surface area contributed by atoms with E-state index in [1.54, 1.807) is 0 Å². The molecule has 1 heterocycles. The number of aromatic nitrogens is 2. The standard InChI is InChI=1S/C24H22ClN3O2/c1-3-16-4-10-19(11-5-16)30-14-23(29)26-18-8-6-17(7-9-18)24-27-21-12-15(2)20(25)13-22(21)28-24/h4-13H,3,14H2,1-2H3,(H,26,29)(H,27,28). The van der Waals surface area contributed by atoms with Crippen LogP contribution in [0.3, 0.4) is 0 Å². The topological polar surface area (TPSA) is 67.0 Å². The van der Waals surface area contributed by atoms with E-state index in [0.717, 1.165) is 34.4 Å². The van der Waals surface area contributed by atoms with Gasteiger partial charge in [-0.15, -0.1) is 0 Å². The number of aromatic amines is 1. The minimum atomic E-state index is -0.212. The van der Waals surface area contributed by atoms with Gasteiger partial charge in [0.2, 0.25) is 0 Å². The molecule has 1 amide bonds. The summed E-state index contributed by atoms with van der Waals surface area (Å²) in [6.45, 7) is 4.01. The van der Waals surface area contributed by atoms with Gasteiger partial charge < -0.3 is 15.0 Å². The first-order valence-corrected chi connectivity index (χ1v) is 10.2. The predicted octanol–water partition coefficient (Wildman–Crippen LogP) is 5.77. The summed E-state index contributed by atoms with van der Waals surface area (Å²) in [5.41, 5.74) is 5.61. The Kier molecular flexibility index (Phi) is 5.72. The summed E-state index contributed by atoms with van der Waals surface area (Å²) in [5.74, 6) is 1.22. The van der Waals surface area contributed by atoms with Crippen molar-refractivity contribution in [3.8, 4) is 17.1 Å². The monoisotopic (exact) mass is 419 g/mol. The number of benzene rings is 3. The van der Waals surface area contributed by atoms with Gasteiger partial charge in [-0.2, -0.15) is 0 Å². The molecule has 4 aromatic rings. The molecule has 30 heavy (non-hydrogen) atoms. The maximum absolute atomic E-state index is 12.2. The second kappa shape index (κ2) is 8.59. The van der Waals surface area contributed by atoms with Crippen molar-refractivity contribution >= 4 is 34.2 Å². The van der Waals surface area contributed by atoms with Crippen LogP contribution in [0.1, 0.15) is 18.1 Å². The number of carbonyl (C=O) groups is 1. The van der Waals surface area contributed by atoms with Gasteiger partial charge in [0.05, 0.1) is 11.0 Å². The van der Waals surface area contributed by atoms with E-state index in [2.05, 4.69) is 22.2 Å². The van der Waals surface area contributed by atoms with Crippen molar-refractivity contribution < 1.29 is 9.53 Å². The number of aryl methyl sites for hydroxylation is 2. The molecule has 3 aromatic carbocycles. The zero-order valence-corrected chi connectivity index (χ0v) is 17.6. The summed E-state index contributed by atoms with van der Waals surface area (Å²) in [5, 5.41) is 3.54. The number of carbonyl (C=O) groups excluding carboxylic acids is 1. The summed E-state index contributed by atoms with van der Waals surface area (Å²) < 4.78 is 5.55. The van der Waals surface area contributed by atoms with E-state index < -0.39 is 0 Å². The zero-order valence-electron chi connectivity index (χ0n) is 16.8. The fraction of sp³-hybridized carbons (Fsp3) is 0.167. The lowest BCUT2D eigenvalue weighted by Crippen LogP contribution is -2.20. The number of H-pyrrole nitrogens is 1. The van der Waals surface area contributed by atoms with Crippen molar-refractivity contribution in [2.24, 2.45) is 0 Å². The molecule has 0 radical (unpaired) electrons. The molecule has 0 aliphatic heterocycles. The Hall–Kier alpha value is -3.31. The van der Waals surface area contributed by atoms with Gasteiger partial charge in [0.1, 0.15) is 11.6 Å². The Morgan fingerprint density at radius 2 is 1.83 bits per heavy atom. The van der Waals surface area contributed by atoms with Crippen molar-refractivity contribution in [3.63, 3.8) is 0 Å². The number of halogens is 1. The average molecular weight is 420 g/mol. The Morgan fingerprint density at radius 3 is 2.53 bits per heavy atom. The zero-order chi connectivity index (χ0) is 21.1. The molecule has 0 unspecified atom stereocenters. The second-order valence-electron chi connectivity index (χ2n) is 7.12. The molecular weight excluding hydrogens is 398 g/mol. The van der Waals surface area contributed by atoms with Crippen LogP contribution >= 0.6 is 11.6 Å². The Morgan fingerprint density at radius 1 is 1.10 bits per heavy atom. The lowest BCUT2D eigenvalue weighted by Gasteiger charge is -2.08. The minimum Gasteiger partial charge on any atom is -0.484 e. The highest BCUT2D eigenvalue weighted by Crippen LogP contribution is 2.26. The fourth-order valence-electron chi connectivity index (χ4n) is 3.16. The SMILES string of the molecule is CCc1ccc(OCC(=O)Nc2ccc(-c3nc4cc(Cl)c(C)cc4[nH]3)cc2)cc1. The van der Waals surface area contributed by atoms with E-state index >= 15 is 0 Å². The highest BCUT2D eigenvalue weighted by molar-refractivity contribution is 6.32. The van der Waals surface area contributed by atoms with Gasteiger partial charge in [0, 0.05) is 16.3 Å². The van der Waals surface area contributed by atoms with Gasteiger partial charge in [-0.05, 0) is 73.0 Å². The normalized spacial score (nSPS) is 10.9. The van der Waals surface area contributed by atoms with Crippen LogP contribution in [0, 0.1) is 6.92 Å². The lowest BCUT2D eigenvalue weighted by molar-refractivity contribution is -0.118. The third kappa shape index (κ3) is 4.47. The van der Waals surface area contributed by atoms with Gasteiger partial charge >= 0.3 is 0 Å². The summed E-state index contributed by atoms with van der Waals surface area (Å²) in [6.07, 6.45) is 0.970. The van der Waals surface area contributed by atoms with Crippen LogP contribution in [0.5, 0.6) is 5.75 Å². The Labute approximate surface area is 180 Å². The first-order chi connectivity index (χ1) is 14.5. The molecule has 0 spiro atoms. The molecule has 0 saturated heterocycles. The molecule has 5 nitrogen and oxygen atoms in total. The number of hydrogen-bond donors (Lipinski definition) is 2. The molecule has 0 atom stereocenters. The van der Waals surface area contributed by atoms with Gasteiger partial charge in [-0.1, -0.05) is 30.7 Å². The molecular formula is C24H22ClN3O2. The highest BCUT2D eigenvalue weighted by Gasteiger charge is 2.09. The van der Waals surface area contributed by atoms with E-state index in [0.29, 0.717) is 16.5 Å². The number of amides is 1. The van der Waals surface area contributed by atoms with Crippen LogP contribution in [0.2, 0.25) is 5.02 Å². The summed E-state index contributed by atoms with van der Waals surface area (Å²) in [4.78, 5) is 20.1. The molecule has 0 bridgehead atoms. The van der Waals surface area contributed by atoms with Crippen LogP contribution in [0.25, 0.3) is 22.4 Å². The molecule has 0 aliphatic carbocycles. The van der Waals surface area contributed by atoms with E-state index in [-0.39, 0.29) is 12.5 Å². The van der Waals surface area contributed by atoms with E-state index in [1.165, 1.54) is 5.56 Å². The van der Waals surface area contributed by atoms with Crippen LogP contribution in [0.15, 0.2) is 60.7 Å². The minimum absolute atomic E-state index is 0.0447. The summed E-state index contributed by atoms with van der Waals surface area (Å²) in [6, 6.07) is 19.1. The van der Waals surface area contributed by atoms with Gasteiger partial charge in [0.15, 0.2) is 6.61 Å². The molecule has 152 valence electrons. The van der Waals surface area contributed by atoms with Gasteiger partial charge in [-0.25, -0.2) is 4.98 Å². The third-order valence-electron chi connectivity index (χ3n) is 4.91. The van der Waals surface area contributed by atoms with Crippen molar-refractivity contribution in [1.29, 1.82) is 0 Å². The number of hydrogen-bond acceptors (Lipinski definition) is 3. The van der Waals surface area contributed by atoms with Gasteiger partial charge in [0.25, 0.3) is 5.91 Å². The number of rotatable bonds is 6. The Bertz CT molecular complexity index is 1140. The van der Waals surface area contributed by atoms with E-state index in [1.807, 2.05) is 67.6 Å². The quantitative estimate of drug-likeness (QED) is 0.416. The van der Waals surface area contributed by atoms with Crippen molar-refractivity contribution in [2.45, 2.75) is 20.3 Å². The first-order valence-electron chi connectivity index (χ1n) is 9.79. The van der Waals surface area contributed by atoms with Crippen LogP contribution in [-0.4, -0.2) is 22.5 Å². The van der Waals surface area contributed by atoms with Crippen LogP contribution in [0.4, 0.5) is 5.69 Å². The smallest absolute Gasteiger partial charge is 0.262 e. The number of imidazole rings is 1. The maximum atomic E-state index is 12.2. The third-order valence-corrected chi connectivity index (χ3v) is 5.31. The number of ether oxygens (including phenoxy) is 1. The molecule has 0 aliphatic rings. The molecule has 1 aromatic heterocycles. The second-order valence-corrected chi connectivity index (χ2v) is 7.52. The molecule has 6 heteroatoms. The van der Waals surface area contributed by atoms with Crippen LogP contribution < -0.4 is 10.1 Å². The number of anilines is 1.